The summed E-state index contributed by atoms with van der Waals surface area (Å²) in [6.45, 7) is -0.687. The van der Waals surface area contributed by atoms with Crippen molar-refractivity contribution in [2.24, 2.45) is 0 Å². The van der Waals surface area contributed by atoms with Crippen molar-refractivity contribution in [3.8, 4) is 0 Å². The molecule has 1 N–H and O–H groups in total. The number of anilines is 1. The summed E-state index contributed by atoms with van der Waals surface area (Å²) in [5, 5.41) is 3.22. The highest BCUT2D eigenvalue weighted by atomic mass is 35.5. The van der Waals surface area contributed by atoms with E-state index in [1.165, 1.54) is 11.9 Å². The highest BCUT2D eigenvalue weighted by molar-refractivity contribution is 7.92. The Morgan fingerprint density at radius 1 is 0.833 bits per heavy atom. The molecule has 1 atom stereocenters. The molecule has 4 rings (SSSR count). The van der Waals surface area contributed by atoms with Gasteiger partial charge >= 0.3 is 0 Å². The Hall–Kier alpha value is -3.92. The smallest absolute Gasteiger partial charge is 0.264 e. The zero-order valence-electron chi connectivity index (χ0n) is 22.6. The van der Waals surface area contributed by atoms with Crippen LogP contribution in [-0.4, -0.2) is 44.8 Å². The van der Waals surface area contributed by atoms with E-state index in [1.54, 1.807) is 48.5 Å². The van der Waals surface area contributed by atoms with Crippen LogP contribution in [0.25, 0.3) is 0 Å². The van der Waals surface area contributed by atoms with Gasteiger partial charge in [-0.15, -0.1) is 0 Å². The van der Waals surface area contributed by atoms with Gasteiger partial charge in [0.15, 0.2) is 0 Å². The summed E-state index contributed by atoms with van der Waals surface area (Å²) in [4.78, 5) is 28.6. The van der Waals surface area contributed by atoms with Crippen molar-refractivity contribution in [3.05, 3.63) is 130 Å². The second-order valence-electron chi connectivity index (χ2n) is 9.39. The van der Waals surface area contributed by atoms with Gasteiger partial charge in [0.2, 0.25) is 11.8 Å². The van der Waals surface area contributed by atoms with E-state index in [2.05, 4.69) is 5.32 Å². The van der Waals surface area contributed by atoms with E-state index < -0.39 is 40.2 Å². The Balaban J connectivity index is 1.78. The van der Waals surface area contributed by atoms with Crippen LogP contribution in [0.2, 0.25) is 10.0 Å². The highest BCUT2D eigenvalue weighted by Crippen LogP contribution is 2.27. The predicted octanol–water partition coefficient (Wildman–Crippen LogP) is 5.71. The number of halogens is 3. The number of sulfonamides is 1. The molecule has 0 saturated carbocycles. The van der Waals surface area contributed by atoms with Gasteiger partial charge in [-0.3, -0.25) is 13.9 Å². The Morgan fingerprint density at radius 2 is 1.45 bits per heavy atom. The SMILES string of the molecule is CNC(=O)[C@@H](Cc1ccccc1)N(Cc1ccc(Cl)c(Cl)c1)C(=O)CN(c1ccccc1)S(=O)(=O)c1ccc(F)cc1. The molecule has 0 aliphatic carbocycles. The summed E-state index contributed by atoms with van der Waals surface area (Å²) in [5.41, 5.74) is 1.62. The van der Waals surface area contributed by atoms with E-state index in [-0.39, 0.29) is 28.6 Å². The summed E-state index contributed by atoms with van der Waals surface area (Å²) in [6, 6.07) is 25.5. The summed E-state index contributed by atoms with van der Waals surface area (Å²) >= 11 is 12.4. The van der Waals surface area contributed by atoms with Crippen LogP contribution in [0.3, 0.4) is 0 Å². The molecule has 2 amide bonds. The summed E-state index contributed by atoms with van der Waals surface area (Å²) in [7, 11) is -2.85. The molecule has 7 nitrogen and oxygen atoms in total. The molecule has 0 aromatic heterocycles. The van der Waals surface area contributed by atoms with Crippen LogP contribution in [0.4, 0.5) is 10.1 Å². The number of rotatable bonds is 11. The third kappa shape index (κ3) is 7.47. The zero-order valence-corrected chi connectivity index (χ0v) is 24.9. The Labute approximate surface area is 254 Å². The maximum atomic E-state index is 14.2. The second-order valence-corrected chi connectivity index (χ2v) is 12.1. The van der Waals surface area contributed by atoms with Crippen LogP contribution < -0.4 is 9.62 Å². The molecule has 0 spiro atoms. The topological polar surface area (TPSA) is 86.8 Å². The maximum absolute atomic E-state index is 14.2. The van der Waals surface area contributed by atoms with Crippen LogP contribution in [0.5, 0.6) is 0 Å². The standard InChI is InChI=1S/C31H28Cl2FN3O4S/c1-35-31(39)29(19-22-8-4-2-5-9-22)36(20-23-12-17-27(32)28(33)18-23)30(38)21-37(25-10-6-3-7-11-25)42(40,41)26-15-13-24(34)14-16-26/h2-18,29H,19-21H2,1H3,(H,35,39)/t29-/m1/s1. The van der Waals surface area contributed by atoms with Crippen molar-refractivity contribution in [2.45, 2.75) is 23.9 Å². The number of nitrogens with one attached hydrogen (secondary N) is 1. The van der Waals surface area contributed by atoms with E-state index in [4.69, 9.17) is 23.2 Å². The average Bonchev–Trinajstić information content (AvgIpc) is 3.00. The van der Waals surface area contributed by atoms with Gasteiger partial charge in [0, 0.05) is 20.0 Å². The molecule has 42 heavy (non-hydrogen) atoms. The molecule has 0 heterocycles. The summed E-state index contributed by atoms with van der Waals surface area (Å²) in [5.74, 6) is -1.67. The number of benzene rings is 4. The van der Waals surface area contributed by atoms with E-state index in [0.29, 0.717) is 10.6 Å². The average molecular weight is 629 g/mol. The van der Waals surface area contributed by atoms with Crippen molar-refractivity contribution in [1.29, 1.82) is 0 Å². The molecule has 0 aliphatic rings. The number of para-hydroxylation sites is 1. The van der Waals surface area contributed by atoms with E-state index >= 15 is 0 Å². The fourth-order valence-electron chi connectivity index (χ4n) is 4.41. The lowest BCUT2D eigenvalue weighted by molar-refractivity contribution is -0.139. The van der Waals surface area contributed by atoms with Gasteiger partial charge in [0.05, 0.1) is 20.6 Å². The molecular weight excluding hydrogens is 600 g/mol. The number of hydrogen-bond donors (Lipinski definition) is 1. The molecule has 0 bridgehead atoms. The lowest BCUT2D eigenvalue weighted by atomic mass is 10.0. The number of nitrogens with zero attached hydrogens (tertiary/aromatic N) is 2. The summed E-state index contributed by atoms with van der Waals surface area (Å²) < 4.78 is 42.2. The van der Waals surface area contributed by atoms with Crippen LogP contribution in [0, 0.1) is 5.82 Å². The first-order valence-corrected chi connectivity index (χ1v) is 15.1. The van der Waals surface area contributed by atoms with E-state index in [1.807, 2.05) is 30.3 Å². The van der Waals surface area contributed by atoms with Crippen LogP contribution in [0.15, 0.2) is 108 Å². The van der Waals surface area contributed by atoms with Crippen molar-refractivity contribution >= 4 is 50.7 Å². The molecule has 0 fully saturated rings. The quantitative estimate of drug-likeness (QED) is 0.231. The van der Waals surface area contributed by atoms with Crippen molar-refractivity contribution in [2.75, 3.05) is 17.9 Å². The molecular formula is C31H28Cl2FN3O4S. The van der Waals surface area contributed by atoms with E-state index in [0.717, 1.165) is 34.1 Å². The van der Waals surface area contributed by atoms with Gasteiger partial charge in [-0.1, -0.05) is 77.8 Å². The Morgan fingerprint density at radius 3 is 2.05 bits per heavy atom. The van der Waals surface area contributed by atoms with Crippen molar-refractivity contribution < 1.29 is 22.4 Å². The van der Waals surface area contributed by atoms with Gasteiger partial charge in [-0.25, -0.2) is 12.8 Å². The van der Waals surface area contributed by atoms with Gasteiger partial charge in [-0.05, 0) is 59.7 Å². The minimum Gasteiger partial charge on any atom is -0.357 e. The first kappa shape index (κ1) is 31.0. The highest BCUT2D eigenvalue weighted by Gasteiger charge is 2.34. The fourth-order valence-corrected chi connectivity index (χ4v) is 6.15. The maximum Gasteiger partial charge on any atom is 0.264 e. The third-order valence-electron chi connectivity index (χ3n) is 6.58. The Bertz CT molecular complexity index is 1640. The molecule has 218 valence electrons. The number of hydrogen-bond acceptors (Lipinski definition) is 4. The minimum atomic E-state index is -4.31. The van der Waals surface area contributed by atoms with Gasteiger partial charge in [0.1, 0.15) is 18.4 Å². The van der Waals surface area contributed by atoms with Gasteiger partial charge < -0.3 is 10.2 Å². The lowest BCUT2D eigenvalue weighted by Crippen LogP contribution is -2.53. The first-order chi connectivity index (χ1) is 20.1. The Kier molecular flexibility index (Phi) is 10.2. The predicted molar refractivity (Wildman–Crippen MR) is 162 cm³/mol. The molecule has 0 unspecified atom stereocenters. The number of carbonyl (C=O) groups excluding carboxylic acids is 2. The second kappa shape index (κ2) is 13.8. The molecule has 4 aromatic carbocycles. The van der Waals surface area contributed by atoms with Crippen molar-refractivity contribution in [1.82, 2.24) is 10.2 Å². The molecule has 0 radical (unpaired) electrons. The van der Waals surface area contributed by atoms with Gasteiger partial charge in [0.25, 0.3) is 10.0 Å². The summed E-state index contributed by atoms with van der Waals surface area (Å²) in [6.07, 6.45) is 0.170. The number of carbonyl (C=O) groups is 2. The van der Waals surface area contributed by atoms with Gasteiger partial charge in [-0.2, -0.15) is 0 Å². The third-order valence-corrected chi connectivity index (χ3v) is 9.11. The molecule has 4 aromatic rings. The molecule has 0 saturated heterocycles. The van der Waals surface area contributed by atoms with Crippen LogP contribution >= 0.6 is 23.2 Å². The monoisotopic (exact) mass is 627 g/mol. The number of likely N-dealkylation sites (N-methyl/N-ethyl adjacent to an activating group) is 1. The fraction of sp³-hybridized carbons (Fsp3) is 0.161. The number of amides is 2. The zero-order chi connectivity index (χ0) is 30.3. The molecule has 0 aliphatic heterocycles. The van der Waals surface area contributed by atoms with E-state index in [9.17, 15) is 22.4 Å². The first-order valence-electron chi connectivity index (χ1n) is 12.9. The normalized spacial score (nSPS) is 11.9. The van der Waals surface area contributed by atoms with Crippen LogP contribution in [0.1, 0.15) is 11.1 Å². The molecule has 11 heteroatoms. The largest absolute Gasteiger partial charge is 0.357 e. The van der Waals surface area contributed by atoms with Crippen LogP contribution in [-0.2, 0) is 32.6 Å². The van der Waals surface area contributed by atoms with Crippen molar-refractivity contribution in [3.63, 3.8) is 0 Å². The minimum absolute atomic E-state index is 0.0557. The lowest BCUT2D eigenvalue weighted by Gasteiger charge is -2.33.